The molecule has 0 radical (unpaired) electrons. The monoisotopic (exact) mass is 347 g/mol. The average Bonchev–Trinajstić information content (AvgIpc) is 2.69. The Kier molecular flexibility index (Phi) is 4.63. The van der Waals surface area contributed by atoms with E-state index in [9.17, 15) is 9.90 Å². The second-order valence-electron chi connectivity index (χ2n) is 6.80. The van der Waals surface area contributed by atoms with Gasteiger partial charge in [-0.05, 0) is 55.3 Å². The Morgan fingerprint density at radius 2 is 1.88 bits per heavy atom. The predicted molar refractivity (Wildman–Crippen MR) is 99.8 cm³/mol. The van der Waals surface area contributed by atoms with Crippen LogP contribution in [0.2, 0.25) is 0 Å². The van der Waals surface area contributed by atoms with E-state index in [0.29, 0.717) is 12.8 Å². The van der Waals surface area contributed by atoms with Gasteiger partial charge in [0, 0.05) is 24.0 Å². The third-order valence-electron chi connectivity index (χ3n) is 5.17. The van der Waals surface area contributed by atoms with Crippen molar-refractivity contribution in [3.63, 3.8) is 0 Å². The number of carbonyl (C=O) groups is 1. The van der Waals surface area contributed by atoms with Crippen LogP contribution < -0.4 is 0 Å². The highest BCUT2D eigenvalue weighted by Crippen LogP contribution is 2.33. The van der Waals surface area contributed by atoms with E-state index in [4.69, 9.17) is 0 Å². The predicted octanol–water partition coefficient (Wildman–Crippen LogP) is 3.52. The van der Waals surface area contributed by atoms with Crippen molar-refractivity contribution in [2.45, 2.75) is 18.9 Å². The minimum Gasteiger partial charge on any atom is -0.481 e. The standard InChI is InChI=1S/C21H21N3O2/c25-21(26)15-7-10-24(11-8-15)20(17-5-3-9-22-13-17)18-12-16-4-1-2-6-19(16)23-14-18/h1-6,9,12-15,20H,7-8,10-11H2,(H,25,26). The zero-order valence-electron chi connectivity index (χ0n) is 14.5. The van der Waals surface area contributed by atoms with Gasteiger partial charge in [-0.3, -0.25) is 19.7 Å². The third kappa shape index (κ3) is 3.30. The summed E-state index contributed by atoms with van der Waals surface area (Å²) in [7, 11) is 0. The molecule has 4 rings (SSSR count). The summed E-state index contributed by atoms with van der Waals surface area (Å²) in [6.45, 7) is 1.51. The van der Waals surface area contributed by atoms with Crippen LogP contribution >= 0.6 is 0 Å². The van der Waals surface area contributed by atoms with E-state index in [1.54, 1.807) is 6.20 Å². The first-order valence-corrected chi connectivity index (χ1v) is 8.94. The molecular weight excluding hydrogens is 326 g/mol. The van der Waals surface area contributed by atoms with Crippen LogP contribution in [-0.2, 0) is 4.79 Å². The summed E-state index contributed by atoms with van der Waals surface area (Å²) in [5.41, 5.74) is 3.20. The van der Waals surface area contributed by atoms with E-state index >= 15 is 0 Å². The highest BCUT2D eigenvalue weighted by Gasteiger charge is 2.30. The molecule has 5 nitrogen and oxygen atoms in total. The largest absolute Gasteiger partial charge is 0.481 e. The van der Waals surface area contributed by atoms with Crippen LogP contribution in [0.1, 0.15) is 30.0 Å². The molecule has 0 saturated carbocycles. The average molecular weight is 347 g/mol. The first-order chi connectivity index (χ1) is 12.7. The van der Waals surface area contributed by atoms with E-state index in [-0.39, 0.29) is 12.0 Å². The summed E-state index contributed by atoms with van der Waals surface area (Å²) >= 11 is 0. The lowest BCUT2D eigenvalue weighted by Crippen LogP contribution is -2.39. The number of carboxylic acids is 1. The van der Waals surface area contributed by atoms with Gasteiger partial charge < -0.3 is 5.11 Å². The summed E-state index contributed by atoms with van der Waals surface area (Å²) < 4.78 is 0. The molecule has 132 valence electrons. The fourth-order valence-electron chi connectivity index (χ4n) is 3.79. The molecule has 1 N–H and O–H groups in total. The zero-order valence-corrected chi connectivity index (χ0v) is 14.5. The van der Waals surface area contributed by atoms with Gasteiger partial charge in [-0.15, -0.1) is 0 Å². The second-order valence-corrected chi connectivity index (χ2v) is 6.80. The minimum atomic E-state index is -0.685. The Hall–Kier alpha value is -2.79. The normalized spacial score (nSPS) is 17.2. The molecule has 0 amide bonds. The Balaban J connectivity index is 1.70. The van der Waals surface area contributed by atoms with Gasteiger partial charge in [0.25, 0.3) is 0 Å². The Labute approximate surface area is 152 Å². The van der Waals surface area contributed by atoms with Crippen LogP contribution in [0.25, 0.3) is 10.9 Å². The molecule has 1 aliphatic heterocycles. The van der Waals surface area contributed by atoms with Crippen molar-refractivity contribution in [1.82, 2.24) is 14.9 Å². The number of pyridine rings is 2. The number of aliphatic carboxylic acids is 1. The first-order valence-electron chi connectivity index (χ1n) is 8.94. The van der Waals surface area contributed by atoms with Gasteiger partial charge in [0.1, 0.15) is 0 Å². The molecule has 26 heavy (non-hydrogen) atoms. The lowest BCUT2D eigenvalue weighted by molar-refractivity contribution is -0.143. The molecular formula is C21H21N3O2. The van der Waals surface area contributed by atoms with Crippen molar-refractivity contribution in [2.24, 2.45) is 5.92 Å². The maximum atomic E-state index is 11.3. The lowest BCUT2D eigenvalue weighted by atomic mass is 9.92. The molecule has 0 bridgehead atoms. The summed E-state index contributed by atoms with van der Waals surface area (Å²) in [5.74, 6) is -0.925. The van der Waals surface area contributed by atoms with Crippen molar-refractivity contribution in [1.29, 1.82) is 0 Å². The van der Waals surface area contributed by atoms with Gasteiger partial charge in [0.2, 0.25) is 0 Å². The number of para-hydroxylation sites is 1. The molecule has 0 aliphatic carbocycles. The minimum absolute atomic E-state index is 0.0375. The van der Waals surface area contributed by atoms with E-state index in [1.165, 1.54) is 0 Å². The van der Waals surface area contributed by atoms with Crippen LogP contribution in [0.5, 0.6) is 0 Å². The molecule has 1 saturated heterocycles. The van der Waals surface area contributed by atoms with Gasteiger partial charge in [0.05, 0.1) is 17.5 Å². The van der Waals surface area contributed by atoms with Crippen molar-refractivity contribution in [2.75, 3.05) is 13.1 Å². The maximum Gasteiger partial charge on any atom is 0.306 e. The molecule has 2 aromatic heterocycles. The Morgan fingerprint density at radius 1 is 1.08 bits per heavy atom. The van der Waals surface area contributed by atoms with Gasteiger partial charge in [-0.1, -0.05) is 24.3 Å². The van der Waals surface area contributed by atoms with Crippen molar-refractivity contribution in [3.8, 4) is 0 Å². The van der Waals surface area contributed by atoms with Crippen LogP contribution in [0, 0.1) is 5.92 Å². The second kappa shape index (κ2) is 7.22. The fourth-order valence-corrected chi connectivity index (χ4v) is 3.79. The molecule has 1 fully saturated rings. The van der Waals surface area contributed by atoms with Gasteiger partial charge in [-0.25, -0.2) is 0 Å². The molecule has 1 unspecified atom stereocenters. The molecule has 1 aliphatic rings. The van der Waals surface area contributed by atoms with Crippen LogP contribution in [-0.4, -0.2) is 39.0 Å². The summed E-state index contributed by atoms with van der Waals surface area (Å²) in [6, 6.07) is 14.3. The number of fused-ring (bicyclic) bond motifs is 1. The van der Waals surface area contributed by atoms with Crippen LogP contribution in [0.3, 0.4) is 0 Å². The molecule has 3 heterocycles. The van der Waals surface area contributed by atoms with E-state index < -0.39 is 5.97 Å². The molecule has 5 heteroatoms. The highest BCUT2D eigenvalue weighted by atomic mass is 16.4. The highest BCUT2D eigenvalue weighted by molar-refractivity contribution is 5.79. The number of likely N-dealkylation sites (tertiary alicyclic amines) is 1. The van der Waals surface area contributed by atoms with Crippen LogP contribution in [0.4, 0.5) is 0 Å². The molecule has 1 aromatic carbocycles. The number of hydrogen-bond acceptors (Lipinski definition) is 4. The topological polar surface area (TPSA) is 66.3 Å². The van der Waals surface area contributed by atoms with Crippen molar-refractivity contribution >= 4 is 16.9 Å². The van der Waals surface area contributed by atoms with Gasteiger partial charge in [0.15, 0.2) is 0 Å². The number of rotatable bonds is 4. The van der Waals surface area contributed by atoms with Crippen molar-refractivity contribution < 1.29 is 9.90 Å². The molecule has 0 spiro atoms. The number of carboxylic acid groups (broad SMARTS) is 1. The van der Waals surface area contributed by atoms with Gasteiger partial charge in [-0.2, -0.15) is 0 Å². The maximum absolute atomic E-state index is 11.3. The SMILES string of the molecule is O=C(O)C1CCN(C(c2cccnc2)c2cnc3ccccc3c2)CC1. The number of piperidine rings is 1. The van der Waals surface area contributed by atoms with Crippen molar-refractivity contribution in [3.05, 3.63) is 72.2 Å². The Morgan fingerprint density at radius 3 is 2.62 bits per heavy atom. The lowest BCUT2D eigenvalue weighted by Gasteiger charge is -2.36. The fraction of sp³-hybridized carbons (Fsp3) is 0.286. The summed E-state index contributed by atoms with van der Waals surface area (Å²) in [4.78, 5) is 22.5. The van der Waals surface area contributed by atoms with E-state index in [1.807, 2.05) is 36.7 Å². The first kappa shape index (κ1) is 16.7. The number of nitrogens with zero attached hydrogens (tertiary/aromatic N) is 3. The number of hydrogen-bond donors (Lipinski definition) is 1. The smallest absolute Gasteiger partial charge is 0.306 e. The van der Waals surface area contributed by atoms with Gasteiger partial charge >= 0.3 is 5.97 Å². The quantitative estimate of drug-likeness (QED) is 0.782. The van der Waals surface area contributed by atoms with Crippen LogP contribution in [0.15, 0.2) is 61.1 Å². The third-order valence-corrected chi connectivity index (χ3v) is 5.17. The number of benzene rings is 1. The number of aromatic nitrogens is 2. The Bertz CT molecular complexity index is 905. The molecule has 3 aromatic rings. The summed E-state index contributed by atoms with van der Waals surface area (Å²) in [5, 5.41) is 10.4. The van der Waals surface area contributed by atoms with E-state index in [2.05, 4.69) is 33.1 Å². The van der Waals surface area contributed by atoms with E-state index in [0.717, 1.165) is 35.1 Å². The molecule has 1 atom stereocenters. The summed E-state index contributed by atoms with van der Waals surface area (Å²) in [6.07, 6.45) is 6.95. The zero-order chi connectivity index (χ0) is 17.9.